The van der Waals surface area contributed by atoms with Gasteiger partial charge < -0.3 is 0 Å². The highest BCUT2D eigenvalue weighted by Gasteiger charge is 1.87. The van der Waals surface area contributed by atoms with E-state index >= 15 is 0 Å². The first kappa shape index (κ1) is 14.6. The van der Waals surface area contributed by atoms with Crippen molar-refractivity contribution in [3.8, 4) is 0 Å². The van der Waals surface area contributed by atoms with E-state index in [1.54, 1.807) is 12.4 Å². The highest BCUT2D eigenvalue weighted by Crippen LogP contribution is 1.93. The normalized spacial score (nSPS) is 7.46. The molecule has 1 aromatic rings. The predicted molar refractivity (Wildman–Crippen MR) is 58.7 cm³/mol. The summed E-state index contributed by atoms with van der Waals surface area (Å²) in [6.07, 6.45) is 7.40. The van der Waals surface area contributed by atoms with Crippen molar-refractivity contribution >= 4 is 0 Å². The van der Waals surface area contributed by atoms with Crippen molar-refractivity contribution in [2.45, 2.75) is 47.5 Å². The maximum absolute atomic E-state index is 4.11. The number of rotatable bonds is 2. The maximum atomic E-state index is 4.11. The second-order valence-electron chi connectivity index (χ2n) is 1.95. The first-order valence-corrected chi connectivity index (χ1v) is 5.18. The molecule has 0 amide bonds. The summed E-state index contributed by atoms with van der Waals surface area (Å²) in [5.41, 5.74) is 1.08. The summed E-state index contributed by atoms with van der Waals surface area (Å²) in [5.74, 6) is 0. The topological polar surface area (TPSA) is 25.8 Å². The molecule has 0 spiro atoms. The van der Waals surface area contributed by atoms with E-state index in [9.17, 15) is 0 Å². The summed E-state index contributed by atoms with van der Waals surface area (Å²) in [7, 11) is 0. The minimum absolute atomic E-state index is 1.04. The van der Waals surface area contributed by atoms with Crippen molar-refractivity contribution in [2.24, 2.45) is 0 Å². The molecule has 0 aromatic carbocycles. The lowest BCUT2D eigenvalue weighted by Gasteiger charge is -1.91. The maximum Gasteiger partial charge on any atom is 0.0586 e. The second-order valence-corrected chi connectivity index (χ2v) is 1.95. The minimum atomic E-state index is 1.04. The van der Waals surface area contributed by atoms with Gasteiger partial charge in [-0.15, -0.1) is 0 Å². The fraction of sp³-hybridized carbons (Fsp3) is 0.636. The molecule has 0 bridgehead atoms. The smallest absolute Gasteiger partial charge is 0.0586 e. The Kier molecular flexibility index (Phi) is 15.3. The third-order valence-electron chi connectivity index (χ3n) is 1.12. The van der Waals surface area contributed by atoms with Crippen molar-refractivity contribution < 1.29 is 0 Å². The zero-order valence-corrected chi connectivity index (χ0v) is 9.54. The molecule has 2 heteroatoms. The molecule has 0 aliphatic carbocycles. The van der Waals surface area contributed by atoms with E-state index in [1.807, 2.05) is 33.9 Å². The van der Waals surface area contributed by atoms with Gasteiger partial charge in [-0.2, -0.15) is 0 Å². The number of hydrogen-bond acceptors (Lipinski definition) is 2. The Morgan fingerprint density at radius 3 is 2.08 bits per heavy atom. The van der Waals surface area contributed by atoms with Crippen LogP contribution in [0.5, 0.6) is 0 Å². The average molecular weight is 182 g/mol. The third kappa shape index (κ3) is 8.99. The summed E-state index contributed by atoms with van der Waals surface area (Å²) in [6.45, 7) is 10.1. The van der Waals surface area contributed by atoms with Crippen LogP contribution in [0, 0.1) is 0 Å². The van der Waals surface area contributed by atoms with Gasteiger partial charge in [-0.3, -0.25) is 9.97 Å². The lowest BCUT2D eigenvalue weighted by Crippen LogP contribution is -1.87. The Bertz CT molecular complexity index is 161. The van der Waals surface area contributed by atoms with E-state index in [0.29, 0.717) is 0 Å². The summed E-state index contributed by atoms with van der Waals surface area (Å²) in [5, 5.41) is 0. The molecule has 0 aliphatic heterocycles. The van der Waals surface area contributed by atoms with Gasteiger partial charge in [-0.05, 0) is 6.42 Å². The molecule has 0 atom stereocenters. The van der Waals surface area contributed by atoms with Crippen LogP contribution in [0.3, 0.4) is 0 Å². The Hall–Kier alpha value is -0.920. The number of aryl methyl sites for hydroxylation is 1. The molecular formula is C11H22N2. The first-order chi connectivity index (χ1) is 6.43. The highest BCUT2D eigenvalue weighted by molar-refractivity contribution is 4.93. The van der Waals surface area contributed by atoms with Crippen LogP contribution in [0.15, 0.2) is 18.6 Å². The summed E-state index contributed by atoms with van der Waals surface area (Å²) in [4.78, 5) is 8.05. The zero-order valence-electron chi connectivity index (χ0n) is 9.54. The minimum Gasteiger partial charge on any atom is -0.261 e. The Morgan fingerprint density at radius 2 is 1.69 bits per heavy atom. The molecule has 0 saturated carbocycles. The molecule has 76 valence electrons. The lowest BCUT2D eigenvalue weighted by atomic mass is 10.3. The van der Waals surface area contributed by atoms with Crippen LogP contribution in [-0.2, 0) is 6.42 Å². The summed E-state index contributed by atoms with van der Waals surface area (Å²) >= 11 is 0. The van der Waals surface area contributed by atoms with Gasteiger partial charge in [0.25, 0.3) is 0 Å². The fourth-order valence-corrected chi connectivity index (χ4v) is 0.715. The average Bonchev–Trinajstić information content (AvgIpc) is 2.26. The summed E-state index contributed by atoms with van der Waals surface area (Å²) in [6, 6.07) is 0. The van der Waals surface area contributed by atoms with Gasteiger partial charge in [0.1, 0.15) is 0 Å². The second kappa shape index (κ2) is 13.7. The van der Waals surface area contributed by atoms with E-state index in [4.69, 9.17) is 0 Å². The largest absolute Gasteiger partial charge is 0.261 e. The Morgan fingerprint density at radius 1 is 1.08 bits per heavy atom. The van der Waals surface area contributed by atoms with Gasteiger partial charge in [-0.25, -0.2) is 0 Å². The van der Waals surface area contributed by atoms with Crippen LogP contribution < -0.4 is 0 Å². The number of aromatic nitrogens is 2. The van der Waals surface area contributed by atoms with E-state index in [-0.39, 0.29) is 0 Å². The van der Waals surface area contributed by atoms with E-state index in [1.165, 1.54) is 0 Å². The highest BCUT2D eigenvalue weighted by atomic mass is 14.8. The molecule has 1 heterocycles. The number of nitrogens with zero attached hydrogens (tertiary/aromatic N) is 2. The van der Waals surface area contributed by atoms with Crippen LogP contribution in [0.2, 0.25) is 0 Å². The van der Waals surface area contributed by atoms with Gasteiger partial charge in [0.2, 0.25) is 0 Å². The molecule has 13 heavy (non-hydrogen) atoms. The molecular weight excluding hydrogens is 160 g/mol. The van der Waals surface area contributed by atoms with Crippen LogP contribution in [0.25, 0.3) is 0 Å². The van der Waals surface area contributed by atoms with Gasteiger partial charge in [0.15, 0.2) is 0 Å². The molecule has 0 N–H and O–H groups in total. The van der Waals surface area contributed by atoms with E-state index < -0.39 is 0 Å². The van der Waals surface area contributed by atoms with Crippen LogP contribution in [-0.4, -0.2) is 9.97 Å². The molecule has 0 aliphatic rings. The summed E-state index contributed by atoms with van der Waals surface area (Å²) < 4.78 is 0. The van der Waals surface area contributed by atoms with Crippen LogP contribution >= 0.6 is 0 Å². The van der Waals surface area contributed by atoms with Crippen molar-refractivity contribution in [1.82, 2.24) is 9.97 Å². The van der Waals surface area contributed by atoms with Gasteiger partial charge in [0.05, 0.1) is 5.69 Å². The molecule has 0 unspecified atom stereocenters. The van der Waals surface area contributed by atoms with Crippen LogP contribution in [0.1, 0.15) is 46.7 Å². The Balaban J connectivity index is 0. The van der Waals surface area contributed by atoms with Crippen LogP contribution in [0.4, 0.5) is 0 Å². The molecule has 1 aromatic heterocycles. The van der Waals surface area contributed by atoms with Crippen molar-refractivity contribution in [3.05, 3.63) is 24.3 Å². The molecule has 0 fully saturated rings. The standard InChI is InChI=1S/C7H10N2.2C2H6/c1-2-3-7-6-8-4-5-9-7;2*1-2/h4-6H,2-3H2,1H3;2*1-2H3. The monoisotopic (exact) mass is 182 g/mol. The van der Waals surface area contributed by atoms with Gasteiger partial charge >= 0.3 is 0 Å². The van der Waals surface area contributed by atoms with Gasteiger partial charge in [-0.1, -0.05) is 41.0 Å². The fourth-order valence-electron chi connectivity index (χ4n) is 0.715. The lowest BCUT2D eigenvalue weighted by molar-refractivity contribution is 0.870. The molecule has 2 nitrogen and oxygen atoms in total. The Labute approximate surface area is 82.4 Å². The number of hydrogen-bond donors (Lipinski definition) is 0. The van der Waals surface area contributed by atoms with Crippen molar-refractivity contribution in [1.29, 1.82) is 0 Å². The van der Waals surface area contributed by atoms with Crippen molar-refractivity contribution in [3.63, 3.8) is 0 Å². The molecule has 0 radical (unpaired) electrons. The van der Waals surface area contributed by atoms with Gasteiger partial charge in [0, 0.05) is 18.6 Å². The van der Waals surface area contributed by atoms with Crippen molar-refractivity contribution in [2.75, 3.05) is 0 Å². The third-order valence-corrected chi connectivity index (χ3v) is 1.12. The van der Waals surface area contributed by atoms with E-state index in [0.717, 1.165) is 18.5 Å². The molecule has 0 saturated heterocycles. The van der Waals surface area contributed by atoms with E-state index in [2.05, 4.69) is 16.9 Å². The zero-order chi connectivity index (χ0) is 10.5. The predicted octanol–water partition coefficient (Wildman–Crippen LogP) is 3.48. The molecule has 1 rings (SSSR count). The first-order valence-electron chi connectivity index (χ1n) is 5.18. The SMILES string of the molecule is CC.CC.CCCc1cnccn1. The quantitative estimate of drug-likeness (QED) is 0.699.